The van der Waals surface area contributed by atoms with Crippen molar-refractivity contribution in [3.05, 3.63) is 71.5 Å². The van der Waals surface area contributed by atoms with Gasteiger partial charge in [-0.15, -0.1) is 0 Å². The van der Waals surface area contributed by atoms with Gasteiger partial charge in [-0.2, -0.15) is 8.91 Å². The van der Waals surface area contributed by atoms with Crippen LogP contribution in [-0.4, -0.2) is 111 Å². The quantitative estimate of drug-likeness (QED) is 0.0144. The summed E-state index contributed by atoms with van der Waals surface area (Å²) in [7, 11) is 1.91. The summed E-state index contributed by atoms with van der Waals surface area (Å²) >= 11 is 0.860. The van der Waals surface area contributed by atoms with Crippen LogP contribution in [0.5, 0.6) is 0 Å². The average Bonchev–Trinajstić information content (AvgIpc) is 3.55. The third-order valence-electron chi connectivity index (χ3n) is 12.0. The minimum absolute atomic E-state index is 0.0735. The second kappa shape index (κ2) is 22.1. The number of hydrogen-bond acceptors (Lipinski definition) is 12. The molecule has 0 unspecified atom stereocenters. The Morgan fingerprint density at radius 3 is 2.34 bits per heavy atom. The number of quaternary nitrogens is 1. The van der Waals surface area contributed by atoms with Crippen molar-refractivity contribution < 1.29 is 46.2 Å². The number of anilines is 1. The molecule has 17 heteroatoms. The third kappa shape index (κ3) is 13.4. The lowest BCUT2D eigenvalue weighted by Gasteiger charge is -2.30. The second-order valence-electron chi connectivity index (χ2n) is 17.7. The number of rotatable bonds is 25. The number of carbonyl (C=O) groups is 2. The number of amides is 2. The van der Waals surface area contributed by atoms with E-state index >= 15 is 0 Å². The predicted molar refractivity (Wildman–Crippen MR) is 237 cm³/mol. The topological polar surface area (TPSA) is 192 Å². The number of allylic oxidation sites excluding steroid dienone is 4. The standard InChI is InChI=1S/C44H67N7O8S2/c1-9-49-37-24-22-34(61(55,56)57)32-36(37)44(4,5)39(49)17-13-18-40-43(2,3)35-31-33(60-59-58-54)21-23-38(35)50(40)28-12-10-11-19-41(52)46-25-15-29-51(7,8)30-16-27-48(6)26-14-20-42(53)47-45/h13,17-18,21-24,31-32H,9-12,14-16,19-20,25-30,45H2,1-8H3,(H2-2,46,47,52,53,54,55,56,57). The summed E-state index contributed by atoms with van der Waals surface area (Å²) in [6.07, 6.45) is 12.4. The van der Waals surface area contributed by atoms with Crippen LogP contribution < -0.4 is 26.7 Å². The summed E-state index contributed by atoms with van der Waals surface area (Å²) in [4.78, 5) is 29.0. The number of hydrogen-bond donors (Lipinski definition) is 3. The van der Waals surface area contributed by atoms with Gasteiger partial charge in [0.1, 0.15) is 16.7 Å². The lowest BCUT2D eigenvalue weighted by atomic mass is 9.81. The number of nitrogens with two attached hydrogens (primary N) is 1. The van der Waals surface area contributed by atoms with Gasteiger partial charge >= 0.3 is 0 Å². The molecule has 0 saturated carbocycles. The van der Waals surface area contributed by atoms with Gasteiger partial charge in [0, 0.05) is 91.1 Å². The van der Waals surface area contributed by atoms with E-state index in [1.54, 1.807) is 6.07 Å². The van der Waals surface area contributed by atoms with Crippen molar-refractivity contribution in [3.63, 3.8) is 0 Å². The highest BCUT2D eigenvalue weighted by atomic mass is 32.2. The van der Waals surface area contributed by atoms with Gasteiger partial charge in [0.15, 0.2) is 5.71 Å². The molecule has 61 heavy (non-hydrogen) atoms. The molecule has 2 heterocycles. The van der Waals surface area contributed by atoms with Gasteiger partial charge in [-0.05, 0) is 95.6 Å². The fraction of sp³-hybridized carbons (Fsp3) is 0.568. The molecule has 2 amide bonds. The molecule has 0 spiro atoms. The molecule has 15 nitrogen and oxygen atoms in total. The minimum Gasteiger partial charge on any atom is -0.744 e. The summed E-state index contributed by atoms with van der Waals surface area (Å²) in [5.74, 6) is 5.09. The Morgan fingerprint density at radius 2 is 1.66 bits per heavy atom. The van der Waals surface area contributed by atoms with E-state index < -0.39 is 20.9 Å². The molecule has 4 N–H and O–H groups in total. The first-order valence-electron chi connectivity index (χ1n) is 21.2. The number of carbonyl (C=O) groups excluding carboxylic acids is 2. The predicted octanol–water partition coefficient (Wildman–Crippen LogP) is 4.69. The number of unbranched alkanes of at least 4 members (excludes halogenated alkanes) is 2. The van der Waals surface area contributed by atoms with Crippen LogP contribution in [0.25, 0.3) is 0 Å². The Morgan fingerprint density at radius 1 is 0.951 bits per heavy atom. The molecule has 0 aromatic heterocycles. The zero-order valence-corrected chi connectivity index (χ0v) is 38.9. The maximum atomic E-state index is 12.8. The smallest absolute Gasteiger partial charge is 0.233 e. The van der Waals surface area contributed by atoms with Gasteiger partial charge in [-0.1, -0.05) is 19.9 Å². The molecule has 0 atom stereocenters. The maximum Gasteiger partial charge on any atom is 0.233 e. The maximum absolute atomic E-state index is 12.8. The SMILES string of the molecule is CCN1C(=CC=CC2=[N+](CCCCCC(=O)NCCC[N+](C)(C)CCCN(C)CCCC(=O)NN)c3ccc(SOO[O-])cc3C2(C)C)C(C)(C)c2cc(S(=O)(=O)[O-])ccc21. The molecular formula is C44H67N7O8S2. The van der Waals surface area contributed by atoms with Crippen molar-refractivity contribution in [2.75, 3.05) is 71.9 Å². The Hall–Kier alpha value is -3.65. The van der Waals surface area contributed by atoms with Crippen LogP contribution in [0.1, 0.15) is 97.1 Å². The normalized spacial score (nSPS) is 16.5. The van der Waals surface area contributed by atoms with Crippen molar-refractivity contribution in [1.82, 2.24) is 15.6 Å². The summed E-state index contributed by atoms with van der Waals surface area (Å²) in [5.41, 5.74) is 7.07. The van der Waals surface area contributed by atoms with E-state index in [2.05, 4.69) is 81.6 Å². The zero-order valence-electron chi connectivity index (χ0n) is 37.3. The lowest BCUT2D eigenvalue weighted by Crippen LogP contribution is -2.43. The van der Waals surface area contributed by atoms with Gasteiger partial charge in [0.05, 0.1) is 49.5 Å². The van der Waals surface area contributed by atoms with E-state index in [-0.39, 0.29) is 16.7 Å². The molecule has 0 fully saturated rings. The Bertz CT molecular complexity index is 2050. The van der Waals surface area contributed by atoms with Gasteiger partial charge in [0.25, 0.3) is 0 Å². The molecule has 0 aliphatic carbocycles. The number of nitrogens with zero attached hydrogens (tertiary/aromatic N) is 4. The highest BCUT2D eigenvalue weighted by Crippen LogP contribution is 2.48. The number of likely N-dealkylation sites (N-methyl/N-ethyl adjacent to an activating group) is 1. The van der Waals surface area contributed by atoms with Crippen LogP contribution in [0.15, 0.2) is 70.1 Å². The van der Waals surface area contributed by atoms with Crippen LogP contribution in [0.3, 0.4) is 0 Å². The first-order valence-corrected chi connectivity index (χ1v) is 23.4. The molecule has 2 aromatic carbocycles. The van der Waals surface area contributed by atoms with Gasteiger partial charge in [0.2, 0.25) is 17.5 Å². The molecule has 338 valence electrons. The van der Waals surface area contributed by atoms with Gasteiger partial charge < -0.3 is 29.4 Å². The molecule has 0 radical (unpaired) electrons. The van der Waals surface area contributed by atoms with Gasteiger partial charge in [-0.3, -0.25) is 20.1 Å². The molecular weight excluding hydrogens is 819 g/mol. The zero-order chi connectivity index (χ0) is 45.0. The van der Waals surface area contributed by atoms with E-state index in [0.29, 0.717) is 25.9 Å². The summed E-state index contributed by atoms with van der Waals surface area (Å²) in [6, 6.07) is 10.5. The summed E-state index contributed by atoms with van der Waals surface area (Å²) < 4.78 is 43.5. The van der Waals surface area contributed by atoms with Crippen LogP contribution >= 0.6 is 12.0 Å². The largest absolute Gasteiger partial charge is 0.744 e. The number of benzene rings is 2. The number of nitrogens with one attached hydrogen (secondary N) is 2. The fourth-order valence-corrected chi connectivity index (χ4v) is 9.40. The lowest BCUT2D eigenvalue weighted by molar-refractivity contribution is -0.890. The second-order valence-corrected chi connectivity index (χ2v) is 19.9. The number of hydrazine groups is 1. The highest BCUT2D eigenvalue weighted by molar-refractivity contribution is 7.94. The van der Waals surface area contributed by atoms with Crippen molar-refractivity contribution in [2.24, 2.45) is 5.84 Å². The first-order chi connectivity index (χ1) is 28.8. The van der Waals surface area contributed by atoms with Crippen LogP contribution in [-0.2, 0) is 39.9 Å². The van der Waals surface area contributed by atoms with E-state index in [1.165, 1.54) is 12.1 Å². The molecule has 0 bridgehead atoms. The van der Waals surface area contributed by atoms with E-state index in [0.717, 1.165) is 127 Å². The van der Waals surface area contributed by atoms with Crippen molar-refractivity contribution in [1.29, 1.82) is 0 Å². The summed E-state index contributed by atoms with van der Waals surface area (Å²) in [5, 5.41) is 17.3. The number of fused-ring (bicyclic) bond motifs is 2. The van der Waals surface area contributed by atoms with Gasteiger partial charge in [-0.25, -0.2) is 14.3 Å². The van der Waals surface area contributed by atoms with E-state index in [4.69, 9.17) is 5.84 Å². The Labute approximate surface area is 367 Å². The molecule has 0 saturated heterocycles. The minimum atomic E-state index is -4.60. The molecule has 2 aromatic rings. The Kier molecular flexibility index (Phi) is 18.1. The summed E-state index contributed by atoms with van der Waals surface area (Å²) in [6.45, 7) is 16.3. The van der Waals surface area contributed by atoms with Crippen molar-refractivity contribution >= 4 is 51.1 Å². The fourth-order valence-electron chi connectivity index (χ4n) is 8.51. The van der Waals surface area contributed by atoms with Crippen molar-refractivity contribution in [3.8, 4) is 0 Å². The van der Waals surface area contributed by atoms with E-state index in [9.17, 15) is 27.8 Å². The van der Waals surface area contributed by atoms with Crippen LogP contribution in [0.4, 0.5) is 11.4 Å². The Balaban J connectivity index is 1.35. The molecule has 2 aliphatic rings. The van der Waals surface area contributed by atoms with E-state index in [1.807, 2.05) is 45.0 Å². The molecule has 4 rings (SSSR count). The van der Waals surface area contributed by atoms with Crippen LogP contribution in [0.2, 0.25) is 0 Å². The van der Waals surface area contributed by atoms with Crippen molar-refractivity contribution in [2.45, 2.75) is 107 Å². The monoisotopic (exact) mass is 885 g/mol. The van der Waals surface area contributed by atoms with Crippen LogP contribution in [0, 0.1) is 0 Å². The highest BCUT2D eigenvalue weighted by Gasteiger charge is 2.45. The molecule has 2 aliphatic heterocycles. The third-order valence-corrected chi connectivity index (χ3v) is 13.4. The first kappa shape index (κ1) is 50.0. The average molecular weight is 886 g/mol.